The predicted octanol–water partition coefficient (Wildman–Crippen LogP) is -1.82. The molecular weight excluding hydrogens is 174 g/mol. The maximum atomic E-state index is 10.7. The molecule has 1 fully saturated rings. The fraction of sp³-hybridized carbons (Fsp3) is 0.667. The van der Waals surface area contributed by atoms with Gasteiger partial charge in [0.25, 0.3) is 0 Å². The van der Waals surface area contributed by atoms with Crippen molar-refractivity contribution >= 4 is 11.9 Å². The topological polar surface area (TPSA) is 108 Å². The first-order chi connectivity index (χ1) is 6.07. The van der Waals surface area contributed by atoms with Crippen molar-refractivity contribution in [1.29, 1.82) is 0 Å². The Labute approximate surface area is 75.5 Å². The van der Waals surface area contributed by atoms with Gasteiger partial charge in [0.2, 0.25) is 5.96 Å². The highest BCUT2D eigenvalue weighted by molar-refractivity contribution is 5.86. The number of aliphatic carboxylic acids is 1. The lowest BCUT2D eigenvalue weighted by atomic mass is 10.3. The van der Waals surface area contributed by atoms with Crippen molar-refractivity contribution in [3.05, 3.63) is 0 Å². The Balaban J connectivity index is 2.77. The van der Waals surface area contributed by atoms with E-state index in [9.17, 15) is 4.79 Å². The summed E-state index contributed by atoms with van der Waals surface area (Å²) in [5.41, 5.74) is 0. The minimum atomic E-state index is -0.920. The summed E-state index contributed by atoms with van der Waals surface area (Å²) in [6, 6.07) is -0.657. The van der Waals surface area contributed by atoms with Gasteiger partial charge in [-0.1, -0.05) is 0 Å². The van der Waals surface area contributed by atoms with Crippen molar-refractivity contribution in [2.75, 3.05) is 13.1 Å². The molecule has 1 saturated heterocycles. The zero-order valence-corrected chi connectivity index (χ0v) is 7.34. The molecule has 1 aliphatic rings. The highest BCUT2D eigenvalue weighted by Crippen LogP contribution is 2.08. The number of carboxylic acid groups (broad SMARTS) is 1. The third-order valence-corrected chi connectivity index (χ3v) is 2.04. The van der Waals surface area contributed by atoms with Gasteiger partial charge in [0.15, 0.2) is 0 Å². The lowest BCUT2D eigenvalue weighted by Crippen LogP contribution is -2.45. The van der Waals surface area contributed by atoms with Gasteiger partial charge in [-0.2, -0.15) is 0 Å². The van der Waals surface area contributed by atoms with Crippen LogP contribution in [0.4, 0.5) is 0 Å². The molecular formula is C6H13N5O2. The van der Waals surface area contributed by atoms with E-state index in [1.54, 1.807) is 11.8 Å². The number of hydrazine groups is 1. The molecule has 0 aliphatic carbocycles. The molecule has 0 aromatic carbocycles. The minimum Gasteiger partial charge on any atom is -0.480 e. The van der Waals surface area contributed by atoms with Gasteiger partial charge < -0.3 is 15.8 Å². The van der Waals surface area contributed by atoms with Crippen LogP contribution in [0, 0.1) is 0 Å². The van der Waals surface area contributed by atoms with Crippen LogP contribution in [0.1, 0.15) is 6.92 Å². The second-order valence-electron chi connectivity index (χ2n) is 2.83. The number of hydrazone groups is 1. The molecule has 1 rings (SSSR count). The fourth-order valence-corrected chi connectivity index (χ4v) is 1.23. The van der Waals surface area contributed by atoms with E-state index in [4.69, 9.17) is 16.8 Å². The van der Waals surface area contributed by atoms with E-state index >= 15 is 0 Å². The minimum absolute atomic E-state index is 0.315. The molecule has 0 saturated carbocycles. The Morgan fingerprint density at radius 2 is 2.31 bits per heavy atom. The van der Waals surface area contributed by atoms with Crippen molar-refractivity contribution in [3.63, 3.8) is 0 Å². The molecule has 7 heteroatoms. The van der Waals surface area contributed by atoms with Crippen LogP contribution >= 0.6 is 0 Å². The van der Waals surface area contributed by atoms with Crippen molar-refractivity contribution in [3.8, 4) is 0 Å². The van der Waals surface area contributed by atoms with Gasteiger partial charge in [0, 0.05) is 6.54 Å². The summed E-state index contributed by atoms with van der Waals surface area (Å²) >= 11 is 0. The first-order valence-electron chi connectivity index (χ1n) is 3.87. The molecule has 0 aromatic rings. The summed E-state index contributed by atoms with van der Waals surface area (Å²) in [5, 5.41) is 13.5. The molecule has 13 heavy (non-hydrogen) atoms. The summed E-state index contributed by atoms with van der Waals surface area (Å²) in [6.07, 6.45) is 0. The van der Waals surface area contributed by atoms with Crippen molar-refractivity contribution in [2.24, 2.45) is 16.8 Å². The first kappa shape index (κ1) is 9.59. The van der Waals surface area contributed by atoms with Crippen LogP contribution in [0.5, 0.6) is 0 Å². The van der Waals surface area contributed by atoms with Crippen LogP contribution in [0.2, 0.25) is 0 Å². The molecule has 1 unspecified atom stereocenters. The van der Waals surface area contributed by atoms with Crippen LogP contribution in [0.3, 0.4) is 0 Å². The second-order valence-corrected chi connectivity index (χ2v) is 2.83. The van der Waals surface area contributed by atoms with E-state index < -0.39 is 12.0 Å². The molecule has 0 spiro atoms. The summed E-state index contributed by atoms with van der Waals surface area (Å²) in [7, 11) is 0. The van der Waals surface area contributed by atoms with Gasteiger partial charge >= 0.3 is 5.97 Å². The van der Waals surface area contributed by atoms with E-state index in [1.807, 2.05) is 0 Å². The van der Waals surface area contributed by atoms with Crippen molar-refractivity contribution < 1.29 is 9.90 Å². The molecule has 1 aliphatic heterocycles. The third-order valence-electron chi connectivity index (χ3n) is 2.04. The molecule has 74 valence electrons. The smallest absolute Gasteiger partial charge is 0.326 e. The zero-order chi connectivity index (χ0) is 10.0. The monoisotopic (exact) mass is 187 g/mol. The van der Waals surface area contributed by atoms with Gasteiger partial charge in [0.05, 0.1) is 6.54 Å². The number of carboxylic acids is 1. The van der Waals surface area contributed by atoms with Crippen LogP contribution < -0.4 is 11.7 Å². The Hall–Kier alpha value is -1.50. The van der Waals surface area contributed by atoms with Gasteiger partial charge in [-0.15, -0.1) is 5.10 Å². The van der Waals surface area contributed by atoms with Crippen LogP contribution in [0.25, 0.3) is 0 Å². The van der Waals surface area contributed by atoms with Crippen LogP contribution in [-0.4, -0.2) is 46.1 Å². The Bertz CT molecular complexity index is 241. The number of nitrogens with two attached hydrogens (primary N) is 2. The predicted molar refractivity (Wildman–Crippen MR) is 46.3 cm³/mol. The molecule has 7 nitrogen and oxygen atoms in total. The molecule has 0 bridgehead atoms. The van der Waals surface area contributed by atoms with E-state index in [0.717, 1.165) is 0 Å². The average Bonchev–Trinajstić information content (AvgIpc) is 2.45. The standard InChI is InChI=1S/C6H13N5O2/c1-4(5(12)13)10-2-3-11(8)6(10)9-7/h4H,2-3,7-8H2,1H3,(H,12,13). The van der Waals surface area contributed by atoms with Gasteiger partial charge in [-0.25, -0.2) is 10.6 Å². The highest BCUT2D eigenvalue weighted by atomic mass is 16.4. The molecule has 0 radical (unpaired) electrons. The molecule has 1 atom stereocenters. The summed E-state index contributed by atoms with van der Waals surface area (Å²) < 4.78 is 0. The average molecular weight is 187 g/mol. The van der Waals surface area contributed by atoms with E-state index in [2.05, 4.69) is 5.10 Å². The number of nitrogens with zero attached hydrogens (tertiary/aromatic N) is 3. The lowest BCUT2D eigenvalue weighted by Gasteiger charge is -2.22. The summed E-state index contributed by atoms with van der Waals surface area (Å²) in [6.45, 7) is 2.63. The maximum Gasteiger partial charge on any atom is 0.326 e. The van der Waals surface area contributed by atoms with Crippen LogP contribution in [-0.2, 0) is 4.79 Å². The Morgan fingerprint density at radius 3 is 2.77 bits per heavy atom. The molecule has 5 N–H and O–H groups in total. The fourth-order valence-electron chi connectivity index (χ4n) is 1.23. The summed E-state index contributed by atoms with van der Waals surface area (Å²) in [5.74, 6) is 9.98. The normalized spacial score (nSPS) is 22.5. The molecule has 0 amide bonds. The third kappa shape index (κ3) is 1.64. The van der Waals surface area contributed by atoms with E-state index in [1.165, 1.54) is 5.01 Å². The quantitative estimate of drug-likeness (QED) is 0.347. The number of hydrogen-bond acceptors (Lipinski definition) is 4. The second kappa shape index (κ2) is 3.48. The molecule has 1 heterocycles. The van der Waals surface area contributed by atoms with Gasteiger partial charge in [0.1, 0.15) is 6.04 Å². The number of rotatable bonds is 2. The number of hydrogen-bond donors (Lipinski definition) is 3. The molecule has 0 aromatic heterocycles. The lowest BCUT2D eigenvalue weighted by molar-refractivity contribution is -0.141. The summed E-state index contributed by atoms with van der Waals surface area (Å²) in [4.78, 5) is 12.2. The van der Waals surface area contributed by atoms with Gasteiger partial charge in [-0.3, -0.25) is 5.01 Å². The zero-order valence-electron chi connectivity index (χ0n) is 7.34. The highest BCUT2D eigenvalue weighted by Gasteiger charge is 2.31. The number of carbonyl (C=O) groups is 1. The largest absolute Gasteiger partial charge is 0.480 e. The van der Waals surface area contributed by atoms with E-state index in [-0.39, 0.29) is 0 Å². The number of guanidine groups is 1. The Morgan fingerprint density at radius 1 is 1.69 bits per heavy atom. The van der Waals surface area contributed by atoms with Crippen LogP contribution in [0.15, 0.2) is 5.10 Å². The van der Waals surface area contributed by atoms with Crippen molar-refractivity contribution in [1.82, 2.24) is 9.91 Å². The Kier molecular flexibility index (Phi) is 2.57. The maximum absolute atomic E-state index is 10.7. The SMILES string of the molecule is CC(C(=O)O)N1CCN(N)C1=NN. The van der Waals surface area contributed by atoms with E-state index in [0.29, 0.717) is 19.0 Å². The van der Waals surface area contributed by atoms with Crippen molar-refractivity contribution in [2.45, 2.75) is 13.0 Å². The van der Waals surface area contributed by atoms with Gasteiger partial charge in [-0.05, 0) is 6.92 Å². The first-order valence-corrected chi connectivity index (χ1v) is 3.87.